The summed E-state index contributed by atoms with van der Waals surface area (Å²) in [6.07, 6.45) is 4.69. The zero-order valence-corrected chi connectivity index (χ0v) is 18.2. The van der Waals surface area contributed by atoms with Crippen LogP contribution in [0.4, 0.5) is 23.1 Å². The van der Waals surface area contributed by atoms with Crippen LogP contribution in [0.15, 0.2) is 28.9 Å². The van der Waals surface area contributed by atoms with Crippen LogP contribution in [-0.2, 0) is 21.2 Å². The van der Waals surface area contributed by atoms with E-state index in [-0.39, 0.29) is 11.9 Å². The van der Waals surface area contributed by atoms with Gasteiger partial charge in [-0.3, -0.25) is 4.79 Å². The molecule has 1 fully saturated rings. The fraction of sp³-hybridized carbons (Fsp3) is 0.389. The van der Waals surface area contributed by atoms with E-state index in [2.05, 4.69) is 41.8 Å². The van der Waals surface area contributed by atoms with Crippen molar-refractivity contribution in [1.29, 1.82) is 0 Å². The van der Waals surface area contributed by atoms with Crippen LogP contribution < -0.4 is 16.0 Å². The Bertz CT molecular complexity index is 1050. The number of carbonyl (C=O) groups is 1. The van der Waals surface area contributed by atoms with E-state index >= 15 is 0 Å². The number of aromatic nitrogens is 2. The van der Waals surface area contributed by atoms with Gasteiger partial charge in [-0.05, 0) is 52.5 Å². The molecule has 0 aliphatic carbocycles. The third-order valence-corrected chi connectivity index (χ3v) is 6.88. The Labute approximate surface area is 177 Å². The highest BCUT2D eigenvalue weighted by Crippen LogP contribution is 2.28. The lowest BCUT2D eigenvalue weighted by Crippen LogP contribution is -2.42. The van der Waals surface area contributed by atoms with E-state index in [0.717, 1.165) is 21.4 Å². The van der Waals surface area contributed by atoms with Gasteiger partial charge in [0.15, 0.2) is 0 Å². The van der Waals surface area contributed by atoms with Gasteiger partial charge in [0, 0.05) is 36.7 Å². The van der Waals surface area contributed by atoms with Gasteiger partial charge < -0.3 is 16.0 Å². The first-order chi connectivity index (χ1) is 13.8. The average Bonchev–Trinajstić information content (AvgIpc) is 3.03. The van der Waals surface area contributed by atoms with Crippen LogP contribution in [0.2, 0.25) is 0 Å². The molecule has 4 rings (SSSR count). The molecule has 1 saturated heterocycles. The number of fused-ring (bicyclic) bond motifs is 1. The Morgan fingerprint density at radius 3 is 2.76 bits per heavy atom. The predicted octanol–water partition coefficient (Wildman–Crippen LogP) is 2.31. The molecule has 9 nitrogen and oxygen atoms in total. The first-order valence-electron chi connectivity index (χ1n) is 9.22. The second-order valence-electron chi connectivity index (χ2n) is 7.19. The van der Waals surface area contributed by atoms with Crippen LogP contribution in [0, 0.1) is 0 Å². The number of hydrogen-bond acceptors (Lipinski definition) is 7. The molecular formula is C18H21BrN6O3S. The van der Waals surface area contributed by atoms with Crippen molar-refractivity contribution < 1.29 is 13.2 Å². The van der Waals surface area contributed by atoms with Gasteiger partial charge in [-0.2, -0.15) is 4.98 Å². The first-order valence-corrected chi connectivity index (χ1v) is 11.9. The molecule has 3 N–H and O–H groups in total. The lowest BCUT2D eigenvalue weighted by atomic mass is 10.1. The maximum atomic E-state index is 11.7. The molecule has 0 bridgehead atoms. The van der Waals surface area contributed by atoms with E-state index in [1.807, 2.05) is 18.2 Å². The highest BCUT2D eigenvalue weighted by atomic mass is 79.9. The molecule has 1 aromatic heterocycles. The molecule has 11 heteroatoms. The number of rotatable bonds is 5. The lowest BCUT2D eigenvalue weighted by molar-refractivity contribution is -0.115. The summed E-state index contributed by atoms with van der Waals surface area (Å²) in [5, 5.41) is 9.36. The van der Waals surface area contributed by atoms with Crippen LogP contribution in [0.1, 0.15) is 18.4 Å². The maximum absolute atomic E-state index is 11.7. The number of piperidine rings is 1. The lowest BCUT2D eigenvalue weighted by Gasteiger charge is -2.31. The Morgan fingerprint density at radius 1 is 1.28 bits per heavy atom. The molecule has 1 amide bonds. The molecule has 29 heavy (non-hydrogen) atoms. The van der Waals surface area contributed by atoms with Crippen LogP contribution in [0.3, 0.4) is 0 Å². The maximum Gasteiger partial charge on any atom is 0.229 e. The highest BCUT2D eigenvalue weighted by molar-refractivity contribution is 9.10. The third-order valence-electron chi connectivity index (χ3n) is 4.99. The van der Waals surface area contributed by atoms with Gasteiger partial charge in [0.2, 0.25) is 21.9 Å². The first kappa shape index (κ1) is 20.0. The number of amides is 1. The highest BCUT2D eigenvalue weighted by Gasteiger charge is 2.25. The second kappa shape index (κ2) is 7.88. The molecule has 0 unspecified atom stereocenters. The summed E-state index contributed by atoms with van der Waals surface area (Å²) in [4.78, 5) is 20.4. The van der Waals surface area contributed by atoms with Crippen molar-refractivity contribution in [2.45, 2.75) is 25.3 Å². The summed E-state index contributed by atoms with van der Waals surface area (Å²) >= 11 is 3.47. The van der Waals surface area contributed by atoms with Crippen LogP contribution in [0.25, 0.3) is 0 Å². The van der Waals surface area contributed by atoms with Gasteiger partial charge in [0.25, 0.3) is 0 Å². The summed E-state index contributed by atoms with van der Waals surface area (Å²) in [5.41, 5.74) is 2.57. The van der Waals surface area contributed by atoms with Gasteiger partial charge in [-0.15, -0.1) is 0 Å². The number of hydrogen-bond donors (Lipinski definition) is 3. The van der Waals surface area contributed by atoms with Gasteiger partial charge in [-0.1, -0.05) is 0 Å². The largest absolute Gasteiger partial charge is 0.366 e. The van der Waals surface area contributed by atoms with E-state index in [9.17, 15) is 13.2 Å². The van der Waals surface area contributed by atoms with Crippen molar-refractivity contribution in [3.05, 3.63) is 34.4 Å². The fourth-order valence-corrected chi connectivity index (χ4v) is 4.67. The topological polar surface area (TPSA) is 116 Å². The van der Waals surface area contributed by atoms with Crippen LogP contribution in [-0.4, -0.2) is 54.0 Å². The SMILES string of the molecule is CS(=O)(=O)N1CCC(Nc2nc(Nc3ccc4c(c3)CC(=O)N4)ncc2Br)CC1. The number of nitrogens with zero attached hydrogens (tertiary/aromatic N) is 3. The Morgan fingerprint density at radius 2 is 2.03 bits per heavy atom. The van der Waals surface area contributed by atoms with Crippen LogP contribution >= 0.6 is 15.9 Å². The number of carbonyl (C=O) groups excluding carboxylic acids is 1. The monoisotopic (exact) mass is 480 g/mol. The summed E-state index contributed by atoms with van der Waals surface area (Å²) in [6, 6.07) is 5.76. The van der Waals surface area contributed by atoms with Gasteiger partial charge in [0.1, 0.15) is 5.82 Å². The van der Waals surface area contributed by atoms with E-state index in [1.54, 1.807) is 6.20 Å². The summed E-state index contributed by atoms with van der Waals surface area (Å²) in [6.45, 7) is 0.985. The predicted molar refractivity (Wildman–Crippen MR) is 115 cm³/mol. The molecule has 2 aliphatic heterocycles. The van der Waals surface area contributed by atoms with Gasteiger partial charge in [-0.25, -0.2) is 17.7 Å². The van der Waals surface area contributed by atoms with Gasteiger partial charge >= 0.3 is 0 Å². The van der Waals surface area contributed by atoms with E-state index in [1.165, 1.54) is 10.6 Å². The van der Waals surface area contributed by atoms with Gasteiger partial charge in [0.05, 0.1) is 17.1 Å². The van der Waals surface area contributed by atoms with Crippen molar-refractivity contribution in [1.82, 2.24) is 14.3 Å². The van der Waals surface area contributed by atoms with Crippen LogP contribution in [0.5, 0.6) is 0 Å². The minimum atomic E-state index is -3.14. The fourth-order valence-electron chi connectivity index (χ4n) is 3.49. The molecule has 1 aromatic carbocycles. The van der Waals surface area contributed by atoms with Crippen molar-refractivity contribution in [3.8, 4) is 0 Å². The van der Waals surface area contributed by atoms with Crippen molar-refractivity contribution in [2.75, 3.05) is 35.3 Å². The normalized spacial score (nSPS) is 17.7. The number of anilines is 4. The molecule has 3 heterocycles. The van der Waals surface area contributed by atoms with E-state index < -0.39 is 10.0 Å². The zero-order valence-electron chi connectivity index (χ0n) is 15.8. The molecule has 0 radical (unpaired) electrons. The smallest absolute Gasteiger partial charge is 0.229 e. The zero-order chi connectivity index (χ0) is 20.6. The number of nitrogens with one attached hydrogen (secondary N) is 3. The number of halogens is 1. The van der Waals surface area contributed by atoms with E-state index in [4.69, 9.17) is 0 Å². The molecule has 0 saturated carbocycles. The average molecular weight is 481 g/mol. The van der Waals surface area contributed by atoms with E-state index in [0.29, 0.717) is 44.1 Å². The molecule has 154 valence electrons. The Balaban J connectivity index is 1.43. The molecular weight excluding hydrogens is 460 g/mol. The van der Waals surface area contributed by atoms with Crippen molar-refractivity contribution in [2.24, 2.45) is 0 Å². The van der Waals surface area contributed by atoms with Crippen molar-refractivity contribution in [3.63, 3.8) is 0 Å². The molecule has 2 aromatic rings. The standard InChI is InChI=1S/C18H21BrN6O3S/c1-29(27,28)25-6-4-12(5-7-25)21-17-14(19)10-20-18(24-17)22-13-2-3-15-11(8-13)9-16(26)23-15/h2-3,8,10,12H,4-7,9H2,1H3,(H,23,26)(H2,20,21,22,24). The number of benzene rings is 1. The third kappa shape index (κ3) is 4.68. The summed E-state index contributed by atoms with van der Waals surface area (Å²) < 4.78 is 25.6. The Hall–Kier alpha value is -2.24. The minimum absolute atomic E-state index is 0.00884. The van der Waals surface area contributed by atoms with Crippen molar-refractivity contribution >= 4 is 55.0 Å². The summed E-state index contributed by atoms with van der Waals surface area (Å²) in [7, 11) is -3.14. The minimum Gasteiger partial charge on any atom is -0.366 e. The Kier molecular flexibility index (Phi) is 5.45. The molecule has 0 spiro atoms. The summed E-state index contributed by atoms with van der Waals surface area (Å²) in [5.74, 6) is 1.07. The second-order valence-corrected chi connectivity index (χ2v) is 10.0. The molecule has 0 atom stereocenters. The number of sulfonamides is 1. The quantitative estimate of drug-likeness (QED) is 0.600. The molecule has 2 aliphatic rings.